The Morgan fingerprint density at radius 3 is 3.20 bits per heavy atom. The largest absolute Gasteiger partial charge is 0.491 e. The SMILES string of the molecule is Nc1nn2cnc(O)c2s1. The molecule has 0 fully saturated rings. The molecular formula is C4H4N4OS. The summed E-state index contributed by atoms with van der Waals surface area (Å²) in [7, 11) is 0. The number of nitrogens with two attached hydrogens (primary N) is 1. The molecule has 3 N–H and O–H groups in total. The van der Waals surface area contributed by atoms with Gasteiger partial charge in [-0.3, -0.25) is 0 Å². The van der Waals surface area contributed by atoms with Gasteiger partial charge in [-0.2, -0.15) is 4.98 Å². The van der Waals surface area contributed by atoms with Crippen LogP contribution in [0.3, 0.4) is 0 Å². The van der Waals surface area contributed by atoms with Gasteiger partial charge in [-0.25, -0.2) is 4.52 Å². The van der Waals surface area contributed by atoms with Crippen molar-refractivity contribution in [3.8, 4) is 5.88 Å². The third-order valence-corrected chi connectivity index (χ3v) is 1.95. The minimum absolute atomic E-state index is 0.0193. The Morgan fingerprint density at radius 1 is 1.70 bits per heavy atom. The summed E-state index contributed by atoms with van der Waals surface area (Å²) in [6, 6.07) is 0. The molecule has 52 valence electrons. The number of hydrogen-bond acceptors (Lipinski definition) is 5. The van der Waals surface area contributed by atoms with Gasteiger partial charge in [0.1, 0.15) is 6.33 Å². The van der Waals surface area contributed by atoms with Crippen LogP contribution in [0, 0.1) is 0 Å². The molecule has 0 atom stereocenters. The molecule has 0 aromatic carbocycles. The van der Waals surface area contributed by atoms with Crippen LogP contribution in [0.15, 0.2) is 6.33 Å². The maximum absolute atomic E-state index is 9.01. The van der Waals surface area contributed by atoms with Crippen LogP contribution in [0.4, 0.5) is 5.13 Å². The van der Waals surface area contributed by atoms with Crippen molar-refractivity contribution in [1.82, 2.24) is 14.6 Å². The third kappa shape index (κ3) is 0.561. The van der Waals surface area contributed by atoms with Crippen LogP contribution in [-0.2, 0) is 0 Å². The summed E-state index contributed by atoms with van der Waals surface area (Å²) < 4.78 is 1.44. The number of nitrogen functional groups attached to an aromatic ring is 1. The minimum atomic E-state index is -0.0193. The first kappa shape index (κ1) is 5.48. The Bertz CT molecular complexity index is 364. The Kier molecular flexibility index (Phi) is 0.877. The Morgan fingerprint density at radius 2 is 2.50 bits per heavy atom. The molecule has 0 amide bonds. The molecule has 0 saturated heterocycles. The lowest BCUT2D eigenvalue weighted by Crippen LogP contribution is -1.84. The smallest absolute Gasteiger partial charge is 0.249 e. The van der Waals surface area contributed by atoms with E-state index in [4.69, 9.17) is 10.8 Å². The van der Waals surface area contributed by atoms with Crippen molar-refractivity contribution in [1.29, 1.82) is 0 Å². The van der Waals surface area contributed by atoms with Crippen LogP contribution in [0.1, 0.15) is 0 Å². The highest BCUT2D eigenvalue weighted by molar-refractivity contribution is 7.20. The summed E-state index contributed by atoms with van der Waals surface area (Å²) in [6.45, 7) is 0. The molecule has 0 bridgehead atoms. The number of aromatic nitrogens is 3. The molecule has 0 aliphatic heterocycles. The first-order chi connectivity index (χ1) is 4.77. The highest BCUT2D eigenvalue weighted by Crippen LogP contribution is 2.23. The van der Waals surface area contributed by atoms with Crippen LogP contribution >= 0.6 is 11.3 Å². The number of aromatic hydroxyl groups is 1. The summed E-state index contributed by atoms with van der Waals surface area (Å²) >= 11 is 1.20. The van der Waals surface area contributed by atoms with Crippen molar-refractivity contribution in [3.63, 3.8) is 0 Å². The lowest BCUT2D eigenvalue weighted by molar-refractivity contribution is 0.463. The predicted octanol–water partition coefficient (Wildman–Crippen LogP) is 0.0786. The number of anilines is 1. The summed E-state index contributed by atoms with van der Waals surface area (Å²) in [6.07, 6.45) is 1.41. The Balaban J connectivity index is 2.90. The average molecular weight is 156 g/mol. The zero-order chi connectivity index (χ0) is 7.14. The van der Waals surface area contributed by atoms with Gasteiger partial charge in [0.2, 0.25) is 11.0 Å². The average Bonchev–Trinajstić information content (AvgIpc) is 2.35. The molecule has 0 saturated carbocycles. The van der Waals surface area contributed by atoms with Gasteiger partial charge in [0.05, 0.1) is 0 Å². The summed E-state index contributed by atoms with van der Waals surface area (Å²) in [4.78, 5) is 4.19. The molecule has 0 spiro atoms. The van der Waals surface area contributed by atoms with E-state index in [9.17, 15) is 0 Å². The van der Waals surface area contributed by atoms with Crippen molar-refractivity contribution in [2.24, 2.45) is 0 Å². The Hall–Kier alpha value is -1.30. The van der Waals surface area contributed by atoms with Crippen LogP contribution in [0.25, 0.3) is 4.83 Å². The monoisotopic (exact) mass is 156 g/mol. The fourth-order valence-corrected chi connectivity index (χ4v) is 1.36. The second-order valence-corrected chi connectivity index (χ2v) is 2.77. The molecule has 0 radical (unpaired) electrons. The van der Waals surface area contributed by atoms with Crippen LogP contribution in [0.2, 0.25) is 0 Å². The lowest BCUT2D eigenvalue weighted by Gasteiger charge is -1.74. The van der Waals surface area contributed by atoms with Crippen molar-refractivity contribution >= 4 is 21.3 Å². The number of fused-ring (bicyclic) bond motifs is 1. The van der Waals surface area contributed by atoms with E-state index < -0.39 is 0 Å². The standard InChI is InChI=1S/C4H4N4OS/c5-4-7-8-1-6-2(9)3(8)10-4/h1,9H,(H2,5,7). The normalized spacial score (nSPS) is 10.8. The van der Waals surface area contributed by atoms with E-state index in [1.54, 1.807) is 0 Å². The van der Waals surface area contributed by atoms with Gasteiger partial charge in [0.25, 0.3) is 0 Å². The highest BCUT2D eigenvalue weighted by atomic mass is 32.1. The molecule has 0 aliphatic carbocycles. The van der Waals surface area contributed by atoms with E-state index in [1.807, 2.05) is 0 Å². The summed E-state index contributed by atoms with van der Waals surface area (Å²) in [5.41, 5.74) is 5.35. The van der Waals surface area contributed by atoms with Crippen LogP contribution in [-0.4, -0.2) is 19.7 Å². The summed E-state index contributed by atoms with van der Waals surface area (Å²) in [5.74, 6) is -0.0193. The van der Waals surface area contributed by atoms with Crippen molar-refractivity contribution in [2.45, 2.75) is 0 Å². The molecule has 2 aromatic heterocycles. The minimum Gasteiger partial charge on any atom is -0.491 e. The molecular weight excluding hydrogens is 152 g/mol. The summed E-state index contributed by atoms with van der Waals surface area (Å²) in [5, 5.41) is 13.3. The van der Waals surface area contributed by atoms with E-state index in [0.29, 0.717) is 9.96 Å². The fourth-order valence-electron chi connectivity index (χ4n) is 0.709. The highest BCUT2D eigenvalue weighted by Gasteiger charge is 2.05. The van der Waals surface area contributed by atoms with Gasteiger partial charge in [0, 0.05) is 0 Å². The number of rotatable bonds is 0. The van der Waals surface area contributed by atoms with Crippen molar-refractivity contribution < 1.29 is 5.11 Å². The van der Waals surface area contributed by atoms with Gasteiger partial charge in [-0.15, -0.1) is 5.10 Å². The second kappa shape index (κ2) is 1.60. The Labute approximate surface area is 59.7 Å². The maximum atomic E-state index is 9.01. The topological polar surface area (TPSA) is 76.4 Å². The molecule has 0 unspecified atom stereocenters. The van der Waals surface area contributed by atoms with Gasteiger partial charge in [-0.1, -0.05) is 11.3 Å². The fraction of sp³-hybridized carbons (Fsp3) is 0. The lowest BCUT2D eigenvalue weighted by atomic mass is 10.9. The zero-order valence-corrected chi connectivity index (χ0v) is 5.67. The van der Waals surface area contributed by atoms with E-state index >= 15 is 0 Å². The molecule has 2 heterocycles. The van der Waals surface area contributed by atoms with E-state index in [1.165, 1.54) is 22.2 Å². The first-order valence-electron chi connectivity index (χ1n) is 2.56. The number of nitrogens with zero attached hydrogens (tertiary/aromatic N) is 3. The van der Waals surface area contributed by atoms with Gasteiger partial charge >= 0.3 is 0 Å². The van der Waals surface area contributed by atoms with Gasteiger partial charge in [0.15, 0.2) is 4.83 Å². The molecule has 5 nitrogen and oxygen atoms in total. The van der Waals surface area contributed by atoms with Crippen LogP contribution in [0.5, 0.6) is 5.88 Å². The first-order valence-corrected chi connectivity index (χ1v) is 3.37. The van der Waals surface area contributed by atoms with Crippen molar-refractivity contribution in [3.05, 3.63) is 6.33 Å². The molecule has 10 heavy (non-hydrogen) atoms. The van der Waals surface area contributed by atoms with Crippen molar-refractivity contribution in [2.75, 3.05) is 5.73 Å². The van der Waals surface area contributed by atoms with Gasteiger partial charge < -0.3 is 10.8 Å². The zero-order valence-electron chi connectivity index (χ0n) is 4.85. The van der Waals surface area contributed by atoms with Crippen LogP contribution < -0.4 is 5.73 Å². The van der Waals surface area contributed by atoms with Gasteiger partial charge in [-0.05, 0) is 0 Å². The van der Waals surface area contributed by atoms with E-state index in [2.05, 4.69) is 10.1 Å². The quantitative estimate of drug-likeness (QED) is 0.566. The number of imidazole rings is 1. The predicted molar refractivity (Wildman–Crippen MR) is 36.9 cm³/mol. The molecule has 0 aliphatic rings. The molecule has 2 aromatic rings. The third-order valence-electron chi connectivity index (χ3n) is 1.10. The second-order valence-electron chi connectivity index (χ2n) is 1.76. The number of hydrogen-bond donors (Lipinski definition) is 2. The van der Waals surface area contributed by atoms with E-state index in [-0.39, 0.29) is 5.88 Å². The molecule has 6 heteroatoms. The molecule has 2 rings (SSSR count). The maximum Gasteiger partial charge on any atom is 0.249 e. The van der Waals surface area contributed by atoms with E-state index in [0.717, 1.165) is 0 Å².